The number of benzene rings is 1. The summed E-state index contributed by atoms with van der Waals surface area (Å²) >= 11 is 3.42. The summed E-state index contributed by atoms with van der Waals surface area (Å²) in [6, 6.07) is 5.61. The highest BCUT2D eigenvalue weighted by Gasteiger charge is 2.31. The molecule has 4 heterocycles. The first-order chi connectivity index (χ1) is 17.4. The minimum atomic E-state index is -0.227. The lowest BCUT2D eigenvalue weighted by Crippen LogP contribution is -2.30. The van der Waals surface area contributed by atoms with Gasteiger partial charge >= 0.3 is 0 Å². The number of aryl methyl sites for hydroxylation is 1. The molecule has 0 spiro atoms. The Hall–Kier alpha value is -3.03. The van der Waals surface area contributed by atoms with Gasteiger partial charge < -0.3 is 10.6 Å². The lowest BCUT2D eigenvalue weighted by atomic mass is 10.0. The molecule has 3 aliphatic rings. The first kappa shape index (κ1) is 23.4. The monoisotopic (exact) mass is 516 g/mol. The largest absolute Gasteiger partial charge is 0.362 e. The number of thiophene rings is 2. The molecule has 3 aromatic rings. The van der Waals surface area contributed by atoms with Crippen LogP contribution in [0.15, 0.2) is 58.1 Å². The maximum atomic E-state index is 15.6. The van der Waals surface area contributed by atoms with Crippen LogP contribution >= 0.6 is 22.7 Å². The van der Waals surface area contributed by atoms with Crippen LogP contribution in [0.1, 0.15) is 62.5 Å². The van der Waals surface area contributed by atoms with Gasteiger partial charge in [-0.1, -0.05) is 6.07 Å². The van der Waals surface area contributed by atoms with Gasteiger partial charge in [-0.05, 0) is 92.5 Å². The Balaban J connectivity index is 1.26. The van der Waals surface area contributed by atoms with E-state index in [2.05, 4.69) is 65.8 Å². The van der Waals surface area contributed by atoms with Crippen molar-refractivity contribution in [3.63, 3.8) is 0 Å². The highest BCUT2D eigenvalue weighted by molar-refractivity contribution is 7.16. The van der Waals surface area contributed by atoms with Crippen LogP contribution in [0.5, 0.6) is 0 Å². The lowest BCUT2D eigenvalue weighted by Gasteiger charge is -2.21. The summed E-state index contributed by atoms with van der Waals surface area (Å²) in [6.07, 6.45) is 10.3. The zero-order valence-corrected chi connectivity index (χ0v) is 22.5. The first-order valence-electron chi connectivity index (χ1n) is 12.4. The maximum Gasteiger partial charge on any atom is 0.134 e. The fourth-order valence-electron chi connectivity index (χ4n) is 4.78. The number of nitrogens with zero attached hydrogens (tertiary/aromatic N) is 2. The van der Waals surface area contributed by atoms with Crippen molar-refractivity contribution in [2.75, 3.05) is 0 Å². The highest BCUT2D eigenvalue weighted by Crippen LogP contribution is 2.42. The molecule has 1 aliphatic carbocycles. The molecule has 2 aliphatic heterocycles. The molecule has 2 N–H and O–H groups in total. The fraction of sp³-hybridized carbons (Fsp3) is 0.310. The Bertz CT molecular complexity index is 1470. The Morgan fingerprint density at radius 2 is 1.64 bits per heavy atom. The predicted octanol–water partition coefficient (Wildman–Crippen LogP) is 7.42. The standard InChI is InChI=1S/C29H29FN4S2/c1-15-14-35-26(16(15)2)23-9-11-32-29(33-23)20-7-8-21(22(30)13-20)25-17(3)18(4)27(36-25)24-10-12-31-28(34-24)19-5-6-19/h7-14,19,23-24H,5-6H2,1-4H3,(H,31,34)(H,32,33). The fourth-order valence-corrected chi connectivity index (χ4v) is 7.26. The van der Waals surface area contributed by atoms with Gasteiger partial charge in [-0.2, -0.15) is 0 Å². The Morgan fingerprint density at radius 3 is 2.33 bits per heavy atom. The van der Waals surface area contributed by atoms with Crippen LogP contribution in [0.4, 0.5) is 4.39 Å². The summed E-state index contributed by atoms with van der Waals surface area (Å²) in [6.45, 7) is 8.50. The van der Waals surface area contributed by atoms with Gasteiger partial charge in [0.15, 0.2) is 0 Å². The second kappa shape index (κ2) is 9.12. The number of hydrogen-bond acceptors (Lipinski definition) is 6. The molecule has 184 valence electrons. The van der Waals surface area contributed by atoms with Crippen molar-refractivity contribution < 1.29 is 4.39 Å². The molecule has 4 nitrogen and oxygen atoms in total. The van der Waals surface area contributed by atoms with Gasteiger partial charge in [0, 0.05) is 44.1 Å². The first-order valence-corrected chi connectivity index (χ1v) is 14.1. The lowest BCUT2D eigenvalue weighted by molar-refractivity contribution is 0.631. The minimum Gasteiger partial charge on any atom is -0.362 e. The summed E-state index contributed by atoms with van der Waals surface area (Å²) in [5.74, 6) is 2.13. The van der Waals surface area contributed by atoms with Crippen LogP contribution in [0.2, 0.25) is 0 Å². The second-order valence-electron chi connectivity index (χ2n) is 9.84. The van der Waals surface area contributed by atoms with E-state index in [9.17, 15) is 0 Å². The van der Waals surface area contributed by atoms with Crippen molar-refractivity contribution in [2.45, 2.75) is 52.6 Å². The SMILES string of the molecule is Cc1csc(C2C=CN=C(c3ccc(-c4sc(C5C=CN=C(C6CC6)N5)c(C)c4C)c(F)c3)N2)c1C. The van der Waals surface area contributed by atoms with Crippen molar-refractivity contribution in [1.29, 1.82) is 0 Å². The average molecular weight is 517 g/mol. The highest BCUT2D eigenvalue weighted by atomic mass is 32.1. The minimum absolute atomic E-state index is 0.0452. The molecule has 0 amide bonds. The molecular formula is C29H29FN4S2. The van der Waals surface area contributed by atoms with Gasteiger partial charge in [0.05, 0.1) is 12.1 Å². The molecule has 36 heavy (non-hydrogen) atoms. The molecule has 1 fully saturated rings. The third-order valence-electron chi connectivity index (χ3n) is 7.39. The summed E-state index contributed by atoms with van der Waals surface area (Å²) in [5.41, 5.74) is 6.32. The molecule has 0 bridgehead atoms. The van der Waals surface area contributed by atoms with E-state index < -0.39 is 0 Å². The van der Waals surface area contributed by atoms with E-state index in [1.54, 1.807) is 28.7 Å². The van der Waals surface area contributed by atoms with Gasteiger partial charge in [0.25, 0.3) is 0 Å². The number of hydrogen-bond donors (Lipinski definition) is 2. The predicted molar refractivity (Wildman–Crippen MR) is 150 cm³/mol. The number of amidine groups is 2. The van der Waals surface area contributed by atoms with E-state index in [-0.39, 0.29) is 17.9 Å². The van der Waals surface area contributed by atoms with Crippen molar-refractivity contribution in [3.05, 3.63) is 91.5 Å². The number of rotatable bonds is 5. The third kappa shape index (κ3) is 4.14. The summed E-state index contributed by atoms with van der Waals surface area (Å²) < 4.78 is 15.6. The third-order valence-corrected chi connectivity index (χ3v) is 10.2. The molecule has 1 aromatic carbocycles. The number of halogens is 1. The zero-order chi connectivity index (χ0) is 25.0. The molecule has 0 radical (unpaired) electrons. The van der Waals surface area contributed by atoms with E-state index in [1.807, 2.05) is 24.5 Å². The van der Waals surface area contributed by atoms with Crippen molar-refractivity contribution >= 4 is 34.3 Å². The number of aliphatic imine (C=N–C) groups is 2. The maximum absolute atomic E-state index is 15.6. The van der Waals surface area contributed by atoms with Crippen molar-refractivity contribution in [3.8, 4) is 10.4 Å². The molecule has 1 saturated carbocycles. The van der Waals surface area contributed by atoms with Crippen LogP contribution in [-0.2, 0) is 0 Å². The van der Waals surface area contributed by atoms with Crippen LogP contribution in [0.3, 0.4) is 0 Å². The smallest absolute Gasteiger partial charge is 0.134 e. The normalized spacial score (nSPS) is 21.1. The molecule has 6 rings (SSSR count). The van der Waals surface area contributed by atoms with E-state index >= 15 is 4.39 Å². The van der Waals surface area contributed by atoms with Crippen LogP contribution in [0.25, 0.3) is 10.4 Å². The second-order valence-corrected chi connectivity index (χ2v) is 11.8. The van der Waals surface area contributed by atoms with Crippen LogP contribution < -0.4 is 10.6 Å². The summed E-state index contributed by atoms with van der Waals surface area (Å²) in [5, 5.41) is 9.28. The molecule has 2 atom stereocenters. The molecular weight excluding hydrogens is 487 g/mol. The molecule has 0 saturated heterocycles. The van der Waals surface area contributed by atoms with Gasteiger partial charge in [0.2, 0.25) is 0 Å². The zero-order valence-electron chi connectivity index (χ0n) is 20.9. The Morgan fingerprint density at radius 1 is 0.889 bits per heavy atom. The Labute approximate surface area is 219 Å². The molecule has 7 heteroatoms. The Kier molecular flexibility index (Phi) is 5.92. The van der Waals surface area contributed by atoms with Gasteiger partial charge in [-0.25, -0.2) is 14.4 Å². The molecule has 2 aromatic heterocycles. The van der Waals surface area contributed by atoms with Gasteiger partial charge in [0.1, 0.15) is 17.5 Å². The number of nitrogens with one attached hydrogen (secondary N) is 2. The quantitative estimate of drug-likeness (QED) is 0.371. The van der Waals surface area contributed by atoms with Gasteiger partial charge in [-0.15, -0.1) is 22.7 Å². The summed E-state index contributed by atoms with van der Waals surface area (Å²) in [4.78, 5) is 12.5. The molecule has 2 unspecified atom stereocenters. The average Bonchev–Trinajstić information content (AvgIpc) is 3.64. The topological polar surface area (TPSA) is 48.8 Å². The van der Waals surface area contributed by atoms with E-state index in [0.717, 1.165) is 21.8 Å². The summed E-state index contributed by atoms with van der Waals surface area (Å²) in [7, 11) is 0. The van der Waals surface area contributed by atoms with Gasteiger partial charge in [-0.3, -0.25) is 0 Å². The van der Waals surface area contributed by atoms with Crippen molar-refractivity contribution in [2.24, 2.45) is 15.9 Å². The van der Waals surface area contributed by atoms with Crippen molar-refractivity contribution in [1.82, 2.24) is 10.6 Å². The van der Waals surface area contributed by atoms with Crippen LogP contribution in [0, 0.1) is 39.4 Å². The van der Waals surface area contributed by atoms with Crippen LogP contribution in [-0.4, -0.2) is 11.7 Å². The van der Waals surface area contributed by atoms with E-state index in [1.165, 1.54) is 39.3 Å². The van der Waals surface area contributed by atoms with E-state index in [0.29, 0.717) is 17.3 Å². The van der Waals surface area contributed by atoms with E-state index in [4.69, 9.17) is 0 Å².